The normalized spacial score (nSPS) is 13.4. The van der Waals surface area contributed by atoms with Gasteiger partial charge in [-0.2, -0.15) is 0 Å². The van der Waals surface area contributed by atoms with Crippen molar-refractivity contribution >= 4 is 28.9 Å². The molecule has 2 aromatic carbocycles. The molecule has 18 heavy (non-hydrogen) atoms. The van der Waals surface area contributed by atoms with E-state index in [9.17, 15) is 0 Å². The Morgan fingerprint density at radius 1 is 1.11 bits per heavy atom. The molecular weight excluding hydrogens is 269 g/mol. The second-order valence-electron chi connectivity index (χ2n) is 4.15. The molecule has 0 unspecified atom stereocenters. The molecular formula is C14H11Cl2NO. The van der Waals surface area contributed by atoms with Gasteiger partial charge in [0.1, 0.15) is 5.75 Å². The highest BCUT2D eigenvalue weighted by atomic mass is 35.5. The van der Waals surface area contributed by atoms with E-state index in [2.05, 4.69) is 5.32 Å². The number of hydrogen-bond acceptors (Lipinski definition) is 2. The van der Waals surface area contributed by atoms with Gasteiger partial charge in [0, 0.05) is 11.6 Å². The summed E-state index contributed by atoms with van der Waals surface area (Å²) in [7, 11) is 0. The Bertz CT molecular complexity index is 598. The number of nitrogens with one attached hydrogen (secondary N) is 1. The first-order valence-electron chi connectivity index (χ1n) is 5.73. The van der Waals surface area contributed by atoms with Gasteiger partial charge in [-0.15, -0.1) is 0 Å². The van der Waals surface area contributed by atoms with Gasteiger partial charge in [-0.25, -0.2) is 0 Å². The number of halogens is 2. The lowest BCUT2D eigenvalue weighted by atomic mass is 10.1. The summed E-state index contributed by atoms with van der Waals surface area (Å²) in [6.07, 6.45) is 0.863. The summed E-state index contributed by atoms with van der Waals surface area (Å²) in [6.45, 7) is 0.823. The molecule has 0 radical (unpaired) electrons. The summed E-state index contributed by atoms with van der Waals surface area (Å²) < 4.78 is 5.92. The van der Waals surface area contributed by atoms with E-state index in [0.717, 1.165) is 35.0 Å². The van der Waals surface area contributed by atoms with E-state index in [1.54, 1.807) is 0 Å². The maximum absolute atomic E-state index is 6.17. The minimum Gasteiger partial charge on any atom is -0.453 e. The zero-order chi connectivity index (χ0) is 12.5. The Morgan fingerprint density at radius 3 is 2.89 bits per heavy atom. The number of hydrogen-bond donors (Lipinski definition) is 1. The number of ether oxygens (including phenoxy) is 1. The van der Waals surface area contributed by atoms with Gasteiger partial charge in [0.15, 0.2) is 5.75 Å². The quantitative estimate of drug-likeness (QED) is 0.751. The monoisotopic (exact) mass is 279 g/mol. The zero-order valence-corrected chi connectivity index (χ0v) is 11.1. The highest BCUT2D eigenvalue weighted by Gasteiger charge is 2.15. The summed E-state index contributed by atoms with van der Waals surface area (Å²) in [4.78, 5) is 0. The average molecular weight is 280 g/mol. The molecule has 1 N–H and O–H groups in total. The minimum atomic E-state index is 0.600. The number of anilines is 1. The van der Waals surface area contributed by atoms with E-state index < -0.39 is 0 Å². The molecule has 0 saturated carbocycles. The van der Waals surface area contributed by atoms with Crippen molar-refractivity contribution in [2.45, 2.75) is 6.42 Å². The number of rotatable bonds is 0. The molecule has 2 aromatic rings. The van der Waals surface area contributed by atoms with Crippen molar-refractivity contribution in [2.24, 2.45) is 0 Å². The van der Waals surface area contributed by atoms with Crippen LogP contribution in [0.25, 0.3) is 0 Å². The Balaban J connectivity index is 2.10. The maximum atomic E-state index is 6.17. The van der Waals surface area contributed by atoms with Gasteiger partial charge in [0.05, 0.1) is 10.7 Å². The Hall–Kier alpha value is -1.38. The summed E-state index contributed by atoms with van der Waals surface area (Å²) in [5.41, 5.74) is 2.00. The smallest absolute Gasteiger partial charge is 0.169 e. The lowest BCUT2D eigenvalue weighted by Gasteiger charge is -2.20. The Labute approximate surface area is 115 Å². The molecule has 0 atom stereocenters. The molecule has 0 saturated heterocycles. The van der Waals surface area contributed by atoms with Crippen LogP contribution in [0.2, 0.25) is 10.0 Å². The second kappa shape index (κ2) is 4.71. The van der Waals surface area contributed by atoms with Crippen LogP contribution in [-0.4, -0.2) is 6.54 Å². The van der Waals surface area contributed by atoms with Crippen LogP contribution < -0.4 is 10.1 Å². The van der Waals surface area contributed by atoms with Gasteiger partial charge >= 0.3 is 0 Å². The van der Waals surface area contributed by atoms with E-state index in [-0.39, 0.29) is 0 Å². The largest absolute Gasteiger partial charge is 0.453 e. The highest BCUT2D eigenvalue weighted by molar-refractivity contribution is 6.32. The van der Waals surface area contributed by atoms with Crippen molar-refractivity contribution in [3.8, 4) is 11.5 Å². The number of para-hydroxylation sites is 1. The number of fused-ring (bicyclic) bond motifs is 2. The number of benzene rings is 2. The van der Waals surface area contributed by atoms with Gasteiger partial charge in [0.25, 0.3) is 0 Å². The van der Waals surface area contributed by atoms with Gasteiger partial charge in [-0.05, 0) is 42.3 Å². The van der Waals surface area contributed by atoms with Crippen LogP contribution in [0.3, 0.4) is 0 Å². The van der Waals surface area contributed by atoms with Crippen molar-refractivity contribution in [1.29, 1.82) is 0 Å². The minimum absolute atomic E-state index is 0.600. The SMILES string of the molecule is Clc1ccc2c(c1)CCNc1cccc(Cl)c1O2. The second-order valence-corrected chi connectivity index (χ2v) is 4.99. The highest BCUT2D eigenvalue weighted by Crippen LogP contribution is 2.39. The molecule has 2 nitrogen and oxygen atoms in total. The van der Waals surface area contributed by atoms with Gasteiger partial charge in [0.2, 0.25) is 0 Å². The lowest BCUT2D eigenvalue weighted by molar-refractivity contribution is 0.475. The predicted molar refractivity (Wildman–Crippen MR) is 75.2 cm³/mol. The molecule has 0 aromatic heterocycles. The van der Waals surface area contributed by atoms with Crippen molar-refractivity contribution in [1.82, 2.24) is 0 Å². The molecule has 92 valence electrons. The van der Waals surface area contributed by atoms with Crippen molar-refractivity contribution in [3.05, 3.63) is 52.0 Å². The van der Waals surface area contributed by atoms with Crippen molar-refractivity contribution < 1.29 is 4.74 Å². The third-order valence-electron chi connectivity index (χ3n) is 2.91. The van der Waals surface area contributed by atoms with E-state index in [1.807, 2.05) is 36.4 Å². The molecule has 1 aliphatic rings. The lowest BCUT2D eigenvalue weighted by Crippen LogP contribution is -2.10. The third-order valence-corrected chi connectivity index (χ3v) is 3.44. The van der Waals surface area contributed by atoms with Crippen LogP contribution in [0.5, 0.6) is 11.5 Å². The fourth-order valence-electron chi connectivity index (χ4n) is 2.04. The molecule has 0 fully saturated rings. The van der Waals surface area contributed by atoms with Gasteiger partial charge < -0.3 is 10.1 Å². The molecule has 3 rings (SSSR count). The fraction of sp³-hybridized carbons (Fsp3) is 0.143. The average Bonchev–Trinajstić information content (AvgIpc) is 2.32. The van der Waals surface area contributed by atoms with Crippen molar-refractivity contribution in [2.75, 3.05) is 11.9 Å². The van der Waals surface area contributed by atoms with Crippen LogP contribution in [0.1, 0.15) is 5.56 Å². The summed E-state index contributed by atoms with van der Waals surface area (Å²) >= 11 is 12.2. The zero-order valence-electron chi connectivity index (χ0n) is 9.54. The Morgan fingerprint density at radius 2 is 2.00 bits per heavy atom. The molecule has 1 aliphatic heterocycles. The van der Waals surface area contributed by atoms with Crippen LogP contribution in [0, 0.1) is 0 Å². The first-order chi connectivity index (χ1) is 8.74. The van der Waals surface area contributed by atoms with Crippen molar-refractivity contribution in [3.63, 3.8) is 0 Å². The van der Waals surface area contributed by atoms with Crippen LogP contribution in [0.4, 0.5) is 5.69 Å². The van der Waals surface area contributed by atoms with Crippen LogP contribution >= 0.6 is 23.2 Å². The van der Waals surface area contributed by atoms with Crippen LogP contribution in [-0.2, 0) is 6.42 Å². The molecule has 0 spiro atoms. The van der Waals surface area contributed by atoms with E-state index >= 15 is 0 Å². The molecule has 1 heterocycles. The van der Waals surface area contributed by atoms with Gasteiger partial charge in [-0.1, -0.05) is 29.3 Å². The molecule has 0 aliphatic carbocycles. The topological polar surface area (TPSA) is 21.3 Å². The molecule has 4 heteroatoms. The summed E-state index contributed by atoms with van der Waals surface area (Å²) in [5, 5.41) is 4.63. The summed E-state index contributed by atoms with van der Waals surface area (Å²) in [5.74, 6) is 1.48. The van der Waals surface area contributed by atoms with Gasteiger partial charge in [-0.3, -0.25) is 0 Å². The van der Waals surface area contributed by atoms with E-state index in [1.165, 1.54) is 0 Å². The van der Waals surface area contributed by atoms with Crippen LogP contribution in [0.15, 0.2) is 36.4 Å². The fourth-order valence-corrected chi connectivity index (χ4v) is 2.44. The first-order valence-corrected chi connectivity index (χ1v) is 6.48. The maximum Gasteiger partial charge on any atom is 0.169 e. The standard InChI is InChI=1S/C14H11Cl2NO/c15-10-4-5-13-9(8-10)6-7-17-12-3-1-2-11(16)14(12)18-13/h1-5,8,17H,6-7H2. The first kappa shape index (κ1) is 11.7. The summed E-state index contributed by atoms with van der Waals surface area (Å²) in [6, 6.07) is 11.3. The third kappa shape index (κ3) is 2.14. The van der Waals surface area contributed by atoms with E-state index in [0.29, 0.717) is 10.8 Å². The predicted octanol–water partition coefficient (Wildman–Crippen LogP) is 4.75. The van der Waals surface area contributed by atoms with E-state index in [4.69, 9.17) is 27.9 Å². The Kier molecular flexibility index (Phi) is 3.06. The molecule has 0 bridgehead atoms. The molecule has 0 amide bonds.